The highest BCUT2D eigenvalue weighted by atomic mass is 16.7. The lowest BCUT2D eigenvalue weighted by Crippen LogP contribution is -2.65. The number of hydrogen-bond acceptors (Lipinski definition) is 13. The molecule has 2 fully saturated rings. The van der Waals surface area contributed by atoms with E-state index in [1.54, 1.807) is 6.08 Å². The Balaban J connectivity index is 1.61. The van der Waals surface area contributed by atoms with Gasteiger partial charge in [0.05, 0.1) is 32.0 Å². The smallest absolute Gasteiger partial charge is 0.220 e. The SMILES string of the molecule is CC/C=C\C/C=C\C/C=C\C/C=C\CCCCCCCCCCCCCCCCCCCCCCCCC(=O)NC(COC1OC(CO)C(OC2OC(CO)C(O)C(O)C2O)C(O)C1O)C(O)/C=C/CCCCCCCCCCCCCCCCCCCCCCC. The summed E-state index contributed by atoms with van der Waals surface area (Å²) in [6.45, 7) is 2.74. The van der Waals surface area contributed by atoms with E-state index in [9.17, 15) is 45.6 Å². The lowest BCUT2D eigenvalue weighted by atomic mass is 9.97. The second-order valence-electron chi connectivity index (χ2n) is 27.1. The molecule has 0 saturated carbocycles. The summed E-state index contributed by atoms with van der Waals surface area (Å²) in [6.07, 6.45) is 67.2. The van der Waals surface area contributed by atoms with Gasteiger partial charge >= 0.3 is 0 Å². The molecule has 0 aliphatic carbocycles. The van der Waals surface area contributed by atoms with Crippen molar-refractivity contribution in [3.8, 4) is 0 Å². The molecule has 12 atom stereocenters. The van der Waals surface area contributed by atoms with Crippen molar-refractivity contribution in [2.24, 2.45) is 0 Å². The van der Waals surface area contributed by atoms with Crippen molar-refractivity contribution in [2.45, 2.75) is 408 Å². The topological polar surface area (TPSA) is 228 Å². The van der Waals surface area contributed by atoms with Gasteiger partial charge in [0.25, 0.3) is 0 Å². The first-order valence-corrected chi connectivity index (χ1v) is 38.5. The minimum absolute atomic E-state index is 0.233. The van der Waals surface area contributed by atoms with Gasteiger partial charge in [-0.15, -0.1) is 0 Å². The number of rotatable bonds is 64. The zero-order valence-corrected chi connectivity index (χ0v) is 58.8. The van der Waals surface area contributed by atoms with Crippen LogP contribution < -0.4 is 5.32 Å². The fourth-order valence-corrected chi connectivity index (χ4v) is 12.6. The van der Waals surface area contributed by atoms with Crippen molar-refractivity contribution in [3.63, 3.8) is 0 Å². The van der Waals surface area contributed by atoms with Crippen LogP contribution in [-0.2, 0) is 23.7 Å². The molecule has 0 bridgehead atoms. The van der Waals surface area contributed by atoms with Crippen LogP contribution in [0, 0.1) is 0 Å². The van der Waals surface area contributed by atoms with E-state index < -0.39 is 86.8 Å². The average Bonchev–Trinajstić information content (AvgIpc) is 0.830. The predicted molar refractivity (Wildman–Crippen MR) is 378 cm³/mol. The molecule has 2 heterocycles. The number of carbonyl (C=O) groups excluding carboxylic acids is 1. The molecule has 538 valence electrons. The minimum atomic E-state index is -1.79. The number of unbranched alkanes of at least 4 members (excludes halogenated alkanes) is 43. The highest BCUT2D eigenvalue weighted by molar-refractivity contribution is 5.76. The Morgan fingerprint density at radius 2 is 0.750 bits per heavy atom. The Morgan fingerprint density at radius 1 is 0.402 bits per heavy atom. The number of carbonyl (C=O) groups is 1. The maximum atomic E-state index is 13.4. The summed E-state index contributed by atoms with van der Waals surface area (Å²) >= 11 is 0. The number of aliphatic hydroxyl groups is 8. The summed E-state index contributed by atoms with van der Waals surface area (Å²) in [5.74, 6) is -0.233. The molecule has 2 aliphatic rings. The van der Waals surface area contributed by atoms with Gasteiger partial charge in [0.15, 0.2) is 12.6 Å². The van der Waals surface area contributed by atoms with E-state index in [4.69, 9.17) is 18.9 Å². The number of amides is 1. The van der Waals surface area contributed by atoms with Gasteiger partial charge in [-0.2, -0.15) is 0 Å². The second kappa shape index (κ2) is 62.2. The molecule has 2 rings (SSSR count). The molecule has 14 heteroatoms. The Bertz CT molecular complexity index is 1780. The van der Waals surface area contributed by atoms with Crippen molar-refractivity contribution in [3.05, 3.63) is 60.8 Å². The molecule has 12 unspecified atom stereocenters. The van der Waals surface area contributed by atoms with Crippen LogP contribution in [0.2, 0.25) is 0 Å². The van der Waals surface area contributed by atoms with Crippen LogP contribution in [0.3, 0.4) is 0 Å². The van der Waals surface area contributed by atoms with Gasteiger partial charge in [-0.1, -0.05) is 331 Å². The molecule has 92 heavy (non-hydrogen) atoms. The van der Waals surface area contributed by atoms with Crippen LogP contribution in [0.15, 0.2) is 60.8 Å². The molecule has 0 aromatic heterocycles. The monoisotopic (exact) mass is 1300 g/mol. The molecule has 0 aromatic carbocycles. The number of hydrogen-bond donors (Lipinski definition) is 9. The summed E-state index contributed by atoms with van der Waals surface area (Å²) in [4.78, 5) is 13.4. The molecule has 2 aliphatic heterocycles. The minimum Gasteiger partial charge on any atom is -0.394 e. The highest BCUT2D eigenvalue weighted by Gasteiger charge is 2.51. The Kier molecular flexibility index (Phi) is 58.0. The molecule has 0 spiro atoms. The standard InChI is InChI=1S/C78H143NO13/c1-3-5-7-9-11-13-15-17-19-21-23-25-27-28-29-30-31-32-33-34-35-36-37-38-40-42-44-46-48-50-52-54-56-58-60-62-70(83)79-66(65-89-77-75(88)73(86)76(69(64-81)91-77)92-78-74(87)72(85)71(84)68(63-80)90-78)67(82)61-59-57-55-53-51-49-47-45-43-41-39-26-24-22-20-18-16-14-12-10-8-6-4-2/h5,7,11,13,17,19,23,25,59,61,66-69,71-78,80-82,84-88H,3-4,6,8-10,12,14-16,18,20-22,24,26-58,60,62-65H2,1-2H3,(H,79,83)/b7-5-,13-11-,19-17-,25-23-,61-59+. The quantitative estimate of drug-likeness (QED) is 0.0204. The van der Waals surface area contributed by atoms with Crippen LogP contribution >= 0.6 is 0 Å². The van der Waals surface area contributed by atoms with Gasteiger partial charge < -0.3 is 65.1 Å². The summed E-state index contributed by atoms with van der Waals surface area (Å²) < 4.78 is 22.9. The van der Waals surface area contributed by atoms with Crippen LogP contribution in [0.25, 0.3) is 0 Å². The van der Waals surface area contributed by atoms with E-state index in [0.29, 0.717) is 6.42 Å². The van der Waals surface area contributed by atoms with Crippen LogP contribution in [0.5, 0.6) is 0 Å². The van der Waals surface area contributed by atoms with Gasteiger partial charge in [0, 0.05) is 6.42 Å². The molecule has 2 saturated heterocycles. The van der Waals surface area contributed by atoms with Crippen molar-refractivity contribution >= 4 is 5.91 Å². The summed E-state index contributed by atoms with van der Waals surface area (Å²) in [6, 6.07) is -0.916. The van der Waals surface area contributed by atoms with E-state index in [-0.39, 0.29) is 18.9 Å². The third-order valence-electron chi connectivity index (χ3n) is 18.7. The first-order valence-electron chi connectivity index (χ1n) is 38.5. The van der Waals surface area contributed by atoms with Crippen LogP contribution in [0.4, 0.5) is 0 Å². The van der Waals surface area contributed by atoms with Crippen LogP contribution in [-0.4, -0.2) is 140 Å². The van der Waals surface area contributed by atoms with Gasteiger partial charge in [0.2, 0.25) is 5.91 Å². The van der Waals surface area contributed by atoms with Crippen molar-refractivity contribution in [1.29, 1.82) is 0 Å². The predicted octanol–water partition coefficient (Wildman–Crippen LogP) is 16.8. The molecule has 0 aromatic rings. The van der Waals surface area contributed by atoms with Gasteiger partial charge in [-0.25, -0.2) is 0 Å². The van der Waals surface area contributed by atoms with E-state index in [2.05, 4.69) is 67.8 Å². The lowest BCUT2D eigenvalue weighted by molar-refractivity contribution is -0.359. The van der Waals surface area contributed by atoms with Gasteiger partial charge in [0.1, 0.15) is 48.8 Å². The van der Waals surface area contributed by atoms with Gasteiger partial charge in [-0.3, -0.25) is 4.79 Å². The fourth-order valence-electron chi connectivity index (χ4n) is 12.6. The Morgan fingerprint density at radius 3 is 1.15 bits per heavy atom. The summed E-state index contributed by atoms with van der Waals surface area (Å²) in [5, 5.41) is 87.6. The number of nitrogens with one attached hydrogen (secondary N) is 1. The van der Waals surface area contributed by atoms with E-state index in [1.165, 1.54) is 244 Å². The number of aliphatic hydroxyl groups excluding tert-OH is 8. The first-order chi connectivity index (χ1) is 45.1. The largest absolute Gasteiger partial charge is 0.394 e. The van der Waals surface area contributed by atoms with Gasteiger partial charge in [-0.05, 0) is 57.8 Å². The van der Waals surface area contributed by atoms with Crippen LogP contribution in [0.1, 0.15) is 335 Å². The second-order valence-corrected chi connectivity index (χ2v) is 27.1. The Hall–Kier alpha value is -2.31. The zero-order valence-electron chi connectivity index (χ0n) is 58.8. The third kappa shape index (κ3) is 45.2. The van der Waals surface area contributed by atoms with E-state index >= 15 is 0 Å². The van der Waals surface area contributed by atoms with Crippen molar-refractivity contribution in [1.82, 2.24) is 5.32 Å². The molecule has 14 nitrogen and oxygen atoms in total. The maximum Gasteiger partial charge on any atom is 0.220 e. The summed E-state index contributed by atoms with van der Waals surface area (Å²) in [7, 11) is 0. The molecule has 1 amide bonds. The van der Waals surface area contributed by atoms with Crippen molar-refractivity contribution < 1.29 is 64.6 Å². The number of allylic oxidation sites excluding steroid dienone is 9. The van der Waals surface area contributed by atoms with E-state index in [1.807, 2.05) is 6.08 Å². The molecule has 9 N–H and O–H groups in total. The maximum absolute atomic E-state index is 13.4. The Labute approximate surface area is 562 Å². The average molecular weight is 1300 g/mol. The highest BCUT2D eigenvalue weighted by Crippen LogP contribution is 2.30. The lowest BCUT2D eigenvalue weighted by Gasteiger charge is -2.46. The zero-order chi connectivity index (χ0) is 66.6. The molecular formula is C78H143NO13. The molecular weight excluding hydrogens is 1160 g/mol. The molecule has 0 radical (unpaired) electrons. The van der Waals surface area contributed by atoms with E-state index in [0.717, 1.165) is 64.2 Å². The first kappa shape index (κ1) is 85.8. The fraction of sp³-hybridized carbons (Fsp3) is 0.859. The normalized spacial score (nSPS) is 23.0. The number of ether oxygens (including phenoxy) is 4. The summed E-state index contributed by atoms with van der Waals surface area (Å²) in [5.41, 5.74) is 0. The third-order valence-corrected chi connectivity index (χ3v) is 18.7. The van der Waals surface area contributed by atoms with Crippen molar-refractivity contribution in [2.75, 3.05) is 19.8 Å².